The highest BCUT2D eigenvalue weighted by atomic mass is 35.5. The van der Waals surface area contributed by atoms with Crippen LogP contribution in [-0.2, 0) is 16.6 Å². The maximum Gasteiger partial charge on any atom is 0.229 e. The summed E-state index contributed by atoms with van der Waals surface area (Å²) in [5, 5.41) is 10.5. The number of anilines is 2. The van der Waals surface area contributed by atoms with Crippen LogP contribution in [0.25, 0.3) is 0 Å². The molecule has 0 spiro atoms. The van der Waals surface area contributed by atoms with Gasteiger partial charge in [0.2, 0.25) is 10.0 Å². The lowest BCUT2D eigenvalue weighted by Crippen LogP contribution is -2.10. The number of halogens is 1. The van der Waals surface area contributed by atoms with Gasteiger partial charge < -0.3 is 5.32 Å². The molecule has 2 rings (SSSR count). The molecule has 1 aromatic carbocycles. The summed E-state index contributed by atoms with van der Waals surface area (Å²) in [5.41, 5.74) is 3.10. The zero-order chi connectivity index (χ0) is 14.8. The van der Waals surface area contributed by atoms with Crippen LogP contribution >= 0.6 is 11.6 Å². The lowest BCUT2D eigenvalue weighted by molar-refractivity contribution is 0.607. The van der Waals surface area contributed by atoms with Crippen molar-refractivity contribution in [3.63, 3.8) is 0 Å². The van der Waals surface area contributed by atoms with Gasteiger partial charge in [0.05, 0.1) is 28.9 Å². The van der Waals surface area contributed by atoms with E-state index in [2.05, 4.69) is 20.2 Å². The molecular weight excluding hydrogens is 300 g/mol. The lowest BCUT2D eigenvalue weighted by Gasteiger charge is -2.11. The maximum absolute atomic E-state index is 11.2. The standard InChI is InChI=1S/C12H15ClN4O2S/c1-8-9(7-15-16-8)6-14-12-5-10(3-4-11(12)13)17-20(2,18)19/h3-5,7,14,17H,6H2,1-2H3,(H,15,16). The summed E-state index contributed by atoms with van der Waals surface area (Å²) in [5.74, 6) is 0. The predicted molar refractivity (Wildman–Crippen MR) is 80.6 cm³/mol. The first-order valence-electron chi connectivity index (χ1n) is 5.85. The van der Waals surface area contributed by atoms with E-state index in [0.717, 1.165) is 17.5 Å². The monoisotopic (exact) mass is 314 g/mol. The molecular formula is C12H15ClN4O2S. The fourth-order valence-corrected chi connectivity index (χ4v) is 2.42. The molecule has 0 aliphatic rings. The number of H-pyrrole nitrogens is 1. The second-order valence-corrected chi connectivity index (χ2v) is 6.60. The minimum atomic E-state index is -3.31. The Morgan fingerprint density at radius 2 is 2.15 bits per heavy atom. The van der Waals surface area contributed by atoms with Crippen LogP contribution in [0.5, 0.6) is 0 Å². The molecule has 1 aromatic heterocycles. The fraction of sp³-hybridized carbons (Fsp3) is 0.250. The quantitative estimate of drug-likeness (QED) is 0.790. The van der Waals surface area contributed by atoms with Crippen LogP contribution in [0, 0.1) is 6.92 Å². The maximum atomic E-state index is 11.2. The van der Waals surface area contributed by atoms with Crippen LogP contribution in [0.1, 0.15) is 11.3 Å². The Hall–Kier alpha value is -1.73. The van der Waals surface area contributed by atoms with E-state index in [-0.39, 0.29) is 0 Å². The molecule has 8 heteroatoms. The summed E-state index contributed by atoms with van der Waals surface area (Å²) in [6.07, 6.45) is 2.83. The molecule has 0 atom stereocenters. The van der Waals surface area contributed by atoms with Crippen molar-refractivity contribution < 1.29 is 8.42 Å². The summed E-state index contributed by atoms with van der Waals surface area (Å²) in [7, 11) is -3.31. The van der Waals surface area contributed by atoms with Gasteiger partial charge in [0.1, 0.15) is 0 Å². The number of nitrogens with one attached hydrogen (secondary N) is 3. The Labute approximate surface area is 122 Å². The number of hydrogen-bond donors (Lipinski definition) is 3. The van der Waals surface area contributed by atoms with Crippen LogP contribution in [0.4, 0.5) is 11.4 Å². The van der Waals surface area contributed by atoms with Crippen LogP contribution in [0.2, 0.25) is 5.02 Å². The second kappa shape index (κ2) is 5.72. The van der Waals surface area contributed by atoms with E-state index in [1.165, 1.54) is 0 Å². The number of rotatable bonds is 5. The molecule has 0 amide bonds. The molecule has 0 bridgehead atoms. The molecule has 108 valence electrons. The topological polar surface area (TPSA) is 86.9 Å². The van der Waals surface area contributed by atoms with Crippen molar-refractivity contribution in [2.24, 2.45) is 0 Å². The first-order valence-corrected chi connectivity index (χ1v) is 8.12. The van der Waals surface area contributed by atoms with Gasteiger partial charge in [0.25, 0.3) is 0 Å². The van der Waals surface area contributed by atoms with Gasteiger partial charge >= 0.3 is 0 Å². The fourth-order valence-electron chi connectivity index (χ4n) is 1.68. The van der Waals surface area contributed by atoms with E-state index in [1.54, 1.807) is 24.4 Å². The van der Waals surface area contributed by atoms with Crippen LogP contribution in [-0.4, -0.2) is 24.9 Å². The highest BCUT2D eigenvalue weighted by Crippen LogP contribution is 2.26. The molecule has 2 aromatic rings. The van der Waals surface area contributed by atoms with Gasteiger partial charge in [0.15, 0.2) is 0 Å². The molecule has 6 nitrogen and oxygen atoms in total. The predicted octanol–water partition coefficient (Wildman–Crippen LogP) is 2.36. The highest BCUT2D eigenvalue weighted by Gasteiger charge is 2.07. The van der Waals surface area contributed by atoms with Crippen LogP contribution in [0.15, 0.2) is 24.4 Å². The molecule has 0 unspecified atom stereocenters. The Morgan fingerprint density at radius 3 is 2.75 bits per heavy atom. The van der Waals surface area contributed by atoms with Gasteiger partial charge in [-0.15, -0.1) is 0 Å². The third kappa shape index (κ3) is 3.88. The van der Waals surface area contributed by atoms with Gasteiger partial charge in [-0.2, -0.15) is 5.10 Å². The van der Waals surface area contributed by atoms with Gasteiger partial charge in [-0.05, 0) is 25.1 Å². The number of aryl methyl sites for hydroxylation is 1. The second-order valence-electron chi connectivity index (χ2n) is 4.44. The Balaban J connectivity index is 2.15. The Morgan fingerprint density at radius 1 is 1.40 bits per heavy atom. The SMILES string of the molecule is Cc1[nH]ncc1CNc1cc(NS(C)(=O)=O)ccc1Cl. The molecule has 0 saturated carbocycles. The third-order valence-electron chi connectivity index (χ3n) is 2.67. The Bertz CT molecular complexity index is 712. The average molecular weight is 315 g/mol. The van der Waals surface area contributed by atoms with Crippen molar-refractivity contribution in [3.05, 3.63) is 40.7 Å². The van der Waals surface area contributed by atoms with Gasteiger partial charge in [0, 0.05) is 17.8 Å². The number of aromatic nitrogens is 2. The molecule has 0 saturated heterocycles. The van der Waals surface area contributed by atoms with Gasteiger partial charge in [-0.1, -0.05) is 11.6 Å². The van der Waals surface area contributed by atoms with Gasteiger partial charge in [-0.3, -0.25) is 9.82 Å². The largest absolute Gasteiger partial charge is 0.380 e. The van der Waals surface area contributed by atoms with E-state index in [4.69, 9.17) is 11.6 Å². The smallest absolute Gasteiger partial charge is 0.229 e. The summed E-state index contributed by atoms with van der Waals surface area (Å²) < 4.78 is 24.8. The third-order valence-corrected chi connectivity index (χ3v) is 3.61. The Kier molecular flexibility index (Phi) is 4.20. The first-order chi connectivity index (χ1) is 9.35. The van der Waals surface area contributed by atoms with Crippen molar-refractivity contribution in [2.45, 2.75) is 13.5 Å². The molecule has 1 heterocycles. The van der Waals surface area contributed by atoms with E-state index >= 15 is 0 Å². The van der Waals surface area contributed by atoms with E-state index < -0.39 is 10.0 Å². The number of aromatic amines is 1. The van der Waals surface area contributed by atoms with Crippen molar-refractivity contribution in [2.75, 3.05) is 16.3 Å². The molecule has 0 aliphatic carbocycles. The lowest BCUT2D eigenvalue weighted by atomic mass is 10.2. The number of nitrogens with zero attached hydrogens (tertiary/aromatic N) is 1. The summed E-state index contributed by atoms with van der Waals surface area (Å²) in [6, 6.07) is 4.90. The molecule has 20 heavy (non-hydrogen) atoms. The van der Waals surface area contributed by atoms with Crippen LogP contribution in [0.3, 0.4) is 0 Å². The number of hydrogen-bond acceptors (Lipinski definition) is 4. The number of benzene rings is 1. The van der Waals surface area contributed by atoms with E-state index in [1.807, 2.05) is 6.92 Å². The van der Waals surface area contributed by atoms with Crippen molar-refractivity contribution in [3.8, 4) is 0 Å². The van der Waals surface area contributed by atoms with Crippen LogP contribution < -0.4 is 10.0 Å². The van der Waals surface area contributed by atoms with E-state index in [9.17, 15) is 8.42 Å². The van der Waals surface area contributed by atoms with Crippen molar-refractivity contribution in [1.82, 2.24) is 10.2 Å². The summed E-state index contributed by atoms with van der Waals surface area (Å²) >= 11 is 6.08. The summed E-state index contributed by atoms with van der Waals surface area (Å²) in [6.45, 7) is 2.47. The first kappa shape index (κ1) is 14.7. The molecule has 3 N–H and O–H groups in total. The average Bonchev–Trinajstić information content (AvgIpc) is 2.74. The van der Waals surface area contributed by atoms with Crippen molar-refractivity contribution >= 4 is 33.0 Å². The number of sulfonamides is 1. The molecule has 0 radical (unpaired) electrons. The zero-order valence-electron chi connectivity index (χ0n) is 11.1. The minimum Gasteiger partial charge on any atom is -0.380 e. The normalized spacial score (nSPS) is 11.3. The zero-order valence-corrected chi connectivity index (χ0v) is 12.6. The van der Waals surface area contributed by atoms with E-state index in [0.29, 0.717) is 22.9 Å². The molecule has 0 aliphatic heterocycles. The molecule has 0 fully saturated rings. The minimum absolute atomic E-state index is 0.461. The highest BCUT2D eigenvalue weighted by molar-refractivity contribution is 7.92. The summed E-state index contributed by atoms with van der Waals surface area (Å²) in [4.78, 5) is 0. The van der Waals surface area contributed by atoms with Gasteiger partial charge in [-0.25, -0.2) is 8.42 Å². The van der Waals surface area contributed by atoms with Crippen molar-refractivity contribution in [1.29, 1.82) is 0 Å².